The van der Waals surface area contributed by atoms with E-state index in [4.69, 9.17) is 9.72 Å². The van der Waals surface area contributed by atoms with Crippen LogP contribution in [-0.4, -0.2) is 27.4 Å². The second kappa shape index (κ2) is 8.97. The molecule has 0 aliphatic heterocycles. The van der Waals surface area contributed by atoms with E-state index in [1.807, 2.05) is 72.8 Å². The van der Waals surface area contributed by atoms with Crippen LogP contribution in [0.2, 0.25) is 0 Å². The molecule has 0 fully saturated rings. The molecule has 152 valence electrons. The van der Waals surface area contributed by atoms with E-state index in [9.17, 15) is 5.11 Å². The van der Waals surface area contributed by atoms with Gasteiger partial charge < -0.3 is 14.4 Å². The van der Waals surface area contributed by atoms with Gasteiger partial charge in [0.05, 0.1) is 17.6 Å². The van der Waals surface area contributed by atoms with Gasteiger partial charge in [-0.3, -0.25) is 0 Å². The van der Waals surface area contributed by atoms with E-state index >= 15 is 0 Å². The number of rotatable bonds is 8. The summed E-state index contributed by atoms with van der Waals surface area (Å²) in [7, 11) is 0. The lowest BCUT2D eigenvalue weighted by molar-refractivity contribution is 0.0934. The van der Waals surface area contributed by atoms with Crippen molar-refractivity contribution >= 4 is 11.0 Å². The van der Waals surface area contributed by atoms with Crippen LogP contribution in [0, 0.1) is 6.92 Å². The molecule has 1 aromatic heterocycles. The fourth-order valence-electron chi connectivity index (χ4n) is 3.68. The van der Waals surface area contributed by atoms with Crippen LogP contribution in [0.5, 0.6) is 5.75 Å². The molecule has 0 bridgehead atoms. The first-order valence-corrected chi connectivity index (χ1v) is 10.2. The Kier molecular flexibility index (Phi) is 5.96. The molecular formula is C26H26N2O2. The predicted molar refractivity (Wildman–Crippen MR) is 122 cm³/mol. The molecule has 0 aliphatic carbocycles. The maximum absolute atomic E-state index is 10.8. The molecule has 1 heterocycles. The molecule has 0 amide bonds. The molecule has 0 aliphatic rings. The van der Waals surface area contributed by atoms with Crippen LogP contribution >= 0.6 is 0 Å². The number of hydrogen-bond donors (Lipinski definition) is 1. The molecule has 4 nitrogen and oxygen atoms in total. The first-order chi connectivity index (χ1) is 14.7. The molecule has 4 heteroatoms. The third-order valence-electron chi connectivity index (χ3n) is 5.09. The molecule has 30 heavy (non-hydrogen) atoms. The summed E-state index contributed by atoms with van der Waals surface area (Å²) in [5, 5.41) is 10.8. The van der Waals surface area contributed by atoms with Gasteiger partial charge >= 0.3 is 0 Å². The molecule has 0 spiro atoms. The van der Waals surface area contributed by atoms with Gasteiger partial charge in [-0.1, -0.05) is 66.2 Å². The number of fused-ring (bicyclic) bond motifs is 1. The Bertz CT molecular complexity index is 1150. The Labute approximate surface area is 177 Å². The highest BCUT2D eigenvalue weighted by Crippen LogP contribution is 2.26. The van der Waals surface area contributed by atoms with Crippen molar-refractivity contribution in [2.24, 2.45) is 0 Å². The Balaban J connectivity index is 1.57. The molecule has 0 saturated heterocycles. The number of allylic oxidation sites excluding steroid dienone is 1. The molecule has 1 atom stereocenters. The fraction of sp³-hybridized carbons (Fsp3) is 0.192. The summed E-state index contributed by atoms with van der Waals surface area (Å²) in [6, 6.07) is 24.1. The van der Waals surface area contributed by atoms with Gasteiger partial charge in [-0.15, -0.1) is 6.58 Å². The van der Waals surface area contributed by atoms with Crippen LogP contribution in [-0.2, 0) is 13.0 Å². The number of para-hydroxylation sites is 2. The minimum atomic E-state index is -0.678. The molecule has 1 N–H and O–H groups in total. The minimum Gasteiger partial charge on any atom is -0.491 e. The first-order valence-electron chi connectivity index (χ1n) is 10.2. The number of benzene rings is 3. The van der Waals surface area contributed by atoms with Crippen LogP contribution in [0.15, 0.2) is 85.5 Å². The standard InChI is InChI=1S/C26H26N2O2/c1-3-9-21-16-19(2)14-15-25(21)30-18-22(29)17-28-24-13-8-7-12-23(24)27-26(28)20-10-5-4-6-11-20/h3-8,10-16,22,29H,1,9,17-18H2,2H3. The molecule has 4 aromatic rings. The molecular weight excluding hydrogens is 372 g/mol. The van der Waals surface area contributed by atoms with Crippen molar-refractivity contribution in [2.45, 2.75) is 26.0 Å². The third kappa shape index (κ3) is 4.29. The second-order valence-corrected chi connectivity index (χ2v) is 7.47. The lowest BCUT2D eigenvalue weighted by Crippen LogP contribution is -2.24. The summed E-state index contributed by atoms with van der Waals surface area (Å²) in [5.74, 6) is 1.64. The van der Waals surface area contributed by atoms with E-state index in [1.165, 1.54) is 5.56 Å². The van der Waals surface area contributed by atoms with Crippen LogP contribution in [0.4, 0.5) is 0 Å². The summed E-state index contributed by atoms with van der Waals surface area (Å²) in [6.07, 6.45) is 1.92. The van der Waals surface area contributed by atoms with Gasteiger partial charge in [0.2, 0.25) is 0 Å². The van der Waals surface area contributed by atoms with Crippen LogP contribution in [0.1, 0.15) is 11.1 Å². The quantitative estimate of drug-likeness (QED) is 0.416. The largest absolute Gasteiger partial charge is 0.491 e. The van der Waals surface area contributed by atoms with Gasteiger partial charge in [0, 0.05) is 5.56 Å². The van der Waals surface area contributed by atoms with E-state index in [1.54, 1.807) is 0 Å². The number of aliphatic hydroxyl groups excluding tert-OH is 1. The summed E-state index contributed by atoms with van der Waals surface area (Å²) in [6.45, 7) is 6.48. The average Bonchev–Trinajstić information content (AvgIpc) is 3.12. The third-order valence-corrected chi connectivity index (χ3v) is 5.09. The number of nitrogens with zero attached hydrogens (tertiary/aromatic N) is 2. The van der Waals surface area contributed by atoms with Gasteiger partial charge in [-0.2, -0.15) is 0 Å². The monoisotopic (exact) mass is 398 g/mol. The van der Waals surface area contributed by atoms with E-state index in [0.717, 1.165) is 40.2 Å². The topological polar surface area (TPSA) is 47.3 Å². The Hall–Kier alpha value is -3.37. The second-order valence-electron chi connectivity index (χ2n) is 7.47. The summed E-state index contributed by atoms with van der Waals surface area (Å²) in [5.41, 5.74) is 5.19. The molecule has 0 radical (unpaired) electrons. The number of imidazole rings is 1. The van der Waals surface area contributed by atoms with Crippen molar-refractivity contribution in [2.75, 3.05) is 6.61 Å². The van der Waals surface area contributed by atoms with Crippen molar-refractivity contribution in [1.29, 1.82) is 0 Å². The van der Waals surface area contributed by atoms with Crippen LogP contribution in [0.25, 0.3) is 22.4 Å². The van der Waals surface area contributed by atoms with Gasteiger partial charge in [-0.25, -0.2) is 4.98 Å². The van der Waals surface area contributed by atoms with Crippen molar-refractivity contribution in [3.05, 3.63) is 96.6 Å². The maximum atomic E-state index is 10.8. The average molecular weight is 399 g/mol. The summed E-state index contributed by atoms with van der Waals surface area (Å²) < 4.78 is 8.05. The van der Waals surface area contributed by atoms with Gasteiger partial charge in [0.1, 0.15) is 24.3 Å². The molecule has 3 aromatic carbocycles. The predicted octanol–water partition coefficient (Wildman–Crippen LogP) is 5.18. The van der Waals surface area contributed by atoms with E-state index in [0.29, 0.717) is 6.54 Å². The number of hydrogen-bond acceptors (Lipinski definition) is 3. The van der Waals surface area contributed by atoms with Crippen LogP contribution in [0.3, 0.4) is 0 Å². The van der Waals surface area contributed by atoms with Gasteiger partial charge in [0.25, 0.3) is 0 Å². The summed E-state index contributed by atoms with van der Waals surface area (Å²) in [4.78, 5) is 4.80. The Morgan fingerprint density at radius 2 is 1.83 bits per heavy atom. The van der Waals surface area contributed by atoms with Gasteiger partial charge in [0.15, 0.2) is 0 Å². The van der Waals surface area contributed by atoms with Gasteiger partial charge in [-0.05, 0) is 37.1 Å². The fourth-order valence-corrected chi connectivity index (χ4v) is 3.68. The van der Waals surface area contributed by atoms with E-state index < -0.39 is 6.10 Å². The zero-order valence-corrected chi connectivity index (χ0v) is 17.2. The van der Waals surface area contributed by atoms with Crippen molar-refractivity contribution < 1.29 is 9.84 Å². The molecule has 4 rings (SSSR count). The Morgan fingerprint density at radius 3 is 2.63 bits per heavy atom. The number of aromatic nitrogens is 2. The zero-order chi connectivity index (χ0) is 20.9. The minimum absolute atomic E-state index is 0.202. The molecule has 0 saturated carbocycles. The molecule has 1 unspecified atom stereocenters. The van der Waals surface area contributed by atoms with Crippen molar-refractivity contribution in [3.8, 4) is 17.1 Å². The highest BCUT2D eigenvalue weighted by Gasteiger charge is 2.16. The SMILES string of the molecule is C=CCc1cc(C)ccc1OCC(O)Cn1c(-c2ccccc2)nc2ccccc21. The lowest BCUT2D eigenvalue weighted by Gasteiger charge is -2.17. The van der Waals surface area contributed by atoms with E-state index in [-0.39, 0.29) is 6.61 Å². The van der Waals surface area contributed by atoms with Crippen molar-refractivity contribution in [3.63, 3.8) is 0 Å². The maximum Gasteiger partial charge on any atom is 0.141 e. The smallest absolute Gasteiger partial charge is 0.141 e. The van der Waals surface area contributed by atoms with Crippen molar-refractivity contribution in [1.82, 2.24) is 9.55 Å². The normalized spacial score (nSPS) is 12.1. The van der Waals surface area contributed by atoms with Crippen LogP contribution < -0.4 is 4.74 Å². The first kappa shape index (κ1) is 19.9. The van der Waals surface area contributed by atoms with E-state index in [2.05, 4.69) is 24.1 Å². The summed E-state index contributed by atoms with van der Waals surface area (Å²) >= 11 is 0. The number of aryl methyl sites for hydroxylation is 1. The number of ether oxygens (including phenoxy) is 1. The number of aliphatic hydroxyl groups is 1. The zero-order valence-electron chi connectivity index (χ0n) is 17.2. The highest BCUT2D eigenvalue weighted by molar-refractivity contribution is 5.80. The lowest BCUT2D eigenvalue weighted by atomic mass is 10.1. The highest BCUT2D eigenvalue weighted by atomic mass is 16.5. The Morgan fingerprint density at radius 1 is 1.07 bits per heavy atom.